The number of halogens is 1. The molecule has 0 bridgehead atoms. The SMILES string of the molecule is COCCCc1ccccc1.Cl. The van der Waals surface area contributed by atoms with Crippen LogP contribution in [0.5, 0.6) is 0 Å². The van der Waals surface area contributed by atoms with E-state index in [1.54, 1.807) is 7.11 Å². The van der Waals surface area contributed by atoms with Crippen molar-refractivity contribution < 1.29 is 4.74 Å². The molecule has 0 atom stereocenters. The minimum absolute atomic E-state index is 0. The fourth-order valence-corrected chi connectivity index (χ4v) is 1.07. The van der Waals surface area contributed by atoms with E-state index >= 15 is 0 Å². The zero-order valence-corrected chi connectivity index (χ0v) is 8.14. The topological polar surface area (TPSA) is 9.23 Å². The van der Waals surface area contributed by atoms with Crippen molar-refractivity contribution in [2.45, 2.75) is 12.8 Å². The average molecular weight is 187 g/mol. The highest BCUT2D eigenvalue weighted by Crippen LogP contribution is 2.01. The minimum Gasteiger partial charge on any atom is -0.385 e. The molecule has 0 aromatic heterocycles. The summed E-state index contributed by atoms with van der Waals surface area (Å²) in [4.78, 5) is 0. The molecule has 0 aliphatic heterocycles. The van der Waals surface area contributed by atoms with Crippen molar-refractivity contribution in [1.29, 1.82) is 0 Å². The van der Waals surface area contributed by atoms with E-state index in [4.69, 9.17) is 4.74 Å². The Hall–Kier alpha value is -0.530. The maximum Gasteiger partial charge on any atom is 0.0465 e. The molecule has 0 aliphatic rings. The molecule has 1 aromatic rings. The van der Waals surface area contributed by atoms with Crippen molar-refractivity contribution in [3.8, 4) is 0 Å². The second-order valence-corrected chi connectivity index (χ2v) is 2.58. The summed E-state index contributed by atoms with van der Waals surface area (Å²) in [5, 5.41) is 0. The molecule has 0 N–H and O–H groups in total. The lowest BCUT2D eigenvalue weighted by atomic mass is 10.1. The standard InChI is InChI=1S/C10H14O.ClH/c1-11-9-5-8-10-6-3-2-4-7-10;/h2-4,6-7H,5,8-9H2,1H3;1H. The van der Waals surface area contributed by atoms with Crippen LogP contribution in [0.1, 0.15) is 12.0 Å². The largest absolute Gasteiger partial charge is 0.385 e. The predicted molar refractivity (Wildman–Crippen MR) is 53.9 cm³/mol. The second kappa shape index (κ2) is 7.14. The average Bonchev–Trinajstić information content (AvgIpc) is 2.07. The molecule has 0 saturated carbocycles. The van der Waals surface area contributed by atoms with Crippen LogP contribution in [0.3, 0.4) is 0 Å². The third-order valence-electron chi connectivity index (χ3n) is 1.66. The quantitative estimate of drug-likeness (QED) is 0.657. The Bertz CT molecular complexity index is 186. The number of hydrogen-bond acceptors (Lipinski definition) is 1. The van der Waals surface area contributed by atoms with E-state index < -0.39 is 0 Å². The maximum absolute atomic E-state index is 4.96. The summed E-state index contributed by atoms with van der Waals surface area (Å²) in [7, 11) is 1.74. The molecule has 1 rings (SSSR count). The molecule has 0 spiro atoms. The van der Waals surface area contributed by atoms with Crippen molar-refractivity contribution in [2.75, 3.05) is 13.7 Å². The van der Waals surface area contributed by atoms with Crippen molar-refractivity contribution in [3.63, 3.8) is 0 Å². The zero-order chi connectivity index (χ0) is 7.94. The van der Waals surface area contributed by atoms with Gasteiger partial charge in [-0.15, -0.1) is 12.4 Å². The number of methoxy groups -OCH3 is 1. The lowest BCUT2D eigenvalue weighted by Crippen LogP contribution is -1.91. The summed E-state index contributed by atoms with van der Waals surface area (Å²) in [6, 6.07) is 10.5. The number of aryl methyl sites for hydroxylation is 1. The Labute approximate surface area is 80.2 Å². The van der Waals surface area contributed by atoms with Crippen LogP contribution >= 0.6 is 12.4 Å². The van der Waals surface area contributed by atoms with Crippen LogP contribution < -0.4 is 0 Å². The normalized spacial score (nSPS) is 9.08. The van der Waals surface area contributed by atoms with Gasteiger partial charge < -0.3 is 4.74 Å². The van der Waals surface area contributed by atoms with Crippen molar-refractivity contribution in [2.24, 2.45) is 0 Å². The minimum atomic E-state index is 0. The number of rotatable bonds is 4. The first-order valence-corrected chi connectivity index (χ1v) is 3.96. The molecule has 1 aromatic carbocycles. The molecule has 0 aliphatic carbocycles. The van der Waals surface area contributed by atoms with Gasteiger partial charge in [0.2, 0.25) is 0 Å². The van der Waals surface area contributed by atoms with Gasteiger partial charge in [-0.05, 0) is 18.4 Å². The first kappa shape index (κ1) is 11.5. The van der Waals surface area contributed by atoms with Crippen molar-refractivity contribution >= 4 is 12.4 Å². The van der Waals surface area contributed by atoms with Gasteiger partial charge in [0.25, 0.3) is 0 Å². The third kappa shape index (κ3) is 4.37. The smallest absolute Gasteiger partial charge is 0.0465 e. The summed E-state index contributed by atoms with van der Waals surface area (Å²) in [5.74, 6) is 0. The van der Waals surface area contributed by atoms with Gasteiger partial charge in [-0.3, -0.25) is 0 Å². The van der Waals surface area contributed by atoms with Gasteiger partial charge >= 0.3 is 0 Å². The zero-order valence-electron chi connectivity index (χ0n) is 7.32. The second-order valence-electron chi connectivity index (χ2n) is 2.58. The molecule has 0 saturated heterocycles. The predicted octanol–water partition coefficient (Wildman–Crippen LogP) is 2.69. The van der Waals surface area contributed by atoms with Crippen molar-refractivity contribution in [3.05, 3.63) is 35.9 Å². The Morgan fingerprint density at radius 2 is 1.83 bits per heavy atom. The first-order valence-electron chi connectivity index (χ1n) is 3.96. The van der Waals surface area contributed by atoms with Crippen LogP contribution in [0.25, 0.3) is 0 Å². The molecule has 0 fully saturated rings. The highest BCUT2D eigenvalue weighted by molar-refractivity contribution is 5.85. The van der Waals surface area contributed by atoms with Gasteiger partial charge in [0.15, 0.2) is 0 Å². The Kier molecular flexibility index (Phi) is 6.82. The molecule has 0 heterocycles. The Morgan fingerprint density at radius 1 is 1.17 bits per heavy atom. The molecule has 0 radical (unpaired) electrons. The summed E-state index contributed by atoms with van der Waals surface area (Å²) < 4.78 is 4.96. The molecular weight excluding hydrogens is 172 g/mol. The Morgan fingerprint density at radius 3 is 2.42 bits per heavy atom. The van der Waals surface area contributed by atoms with E-state index in [9.17, 15) is 0 Å². The monoisotopic (exact) mass is 186 g/mol. The maximum atomic E-state index is 4.96. The molecule has 12 heavy (non-hydrogen) atoms. The van der Waals surface area contributed by atoms with Crippen LogP contribution in [0, 0.1) is 0 Å². The van der Waals surface area contributed by atoms with Gasteiger partial charge in [-0.25, -0.2) is 0 Å². The third-order valence-corrected chi connectivity index (χ3v) is 1.66. The van der Waals surface area contributed by atoms with Crippen LogP contribution in [-0.2, 0) is 11.2 Å². The molecule has 0 unspecified atom stereocenters. The van der Waals surface area contributed by atoms with Gasteiger partial charge in [-0.2, -0.15) is 0 Å². The molecule has 68 valence electrons. The summed E-state index contributed by atoms with van der Waals surface area (Å²) >= 11 is 0. The van der Waals surface area contributed by atoms with Crippen LogP contribution in [-0.4, -0.2) is 13.7 Å². The Balaban J connectivity index is 0.00000121. The van der Waals surface area contributed by atoms with Crippen LogP contribution in [0.2, 0.25) is 0 Å². The van der Waals surface area contributed by atoms with Gasteiger partial charge in [0.05, 0.1) is 0 Å². The summed E-state index contributed by atoms with van der Waals surface area (Å²) in [6.45, 7) is 0.856. The van der Waals surface area contributed by atoms with E-state index in [1.807, 2.05) is 6.07 Å². The summed E-state index contributed by atoms with van der Waals surface area (Å²) in [6.07, 6.45) is 2.23. The highest BCUT2D eigenvalue weighted by Gasteiger charge is 1.89. The van der Waals surface area contributed by atoms with E-state index in [2.05, 4.69) is 24.3 Å². The lowest BCUT2D eigenvalue weighted by Gasteiger charge is -1.98. The fraction of sp³-hybridized carbons (Fsp3) is 0.400. The molecule has 1 nitrogen and oxygen atoms in total. The molecule has 2 heteroatoms. The summed E-state index contributed by atoms with van der Waals surface area (Å²) in [5.41, 5.74) is 1.39. The number of hydrogen-bond donors (Lipinski definition) is 0. The van der Waals surface area contributed by atoms with Gasteiger partial charge in [0, 0.05) is 13.7 Å². The van der Waals surface area contributed by atoms with Crippen molar-refractivity contribution in [1.82, 2.24) is 0 Å². The van der Waals surface area contributed by atoms with Gasteiger partial charge in [-0.1, -0.05) is 30.3 Å². The van der Waals surface area contributed by atoms with Crippen LogP contribution in [0.15, 0.2) is 30.3 Å². The molecule has 0 amide bonds. The molecular formula is C10H15ClO. The number of benzene rings is 1. The van der Waals surface area contributed by atoms with Crippen LogP contribution in [0.4, 0.5) is 0 Å². The van der Waals surface area contributed by atoms with E-state index in [-0.39, 0.29) is 12.4 Å². The highest BCUT2D eigenvalue weighted by atomic mass is 35.5. The lowest BCUT2D eigenvalue weighted by molar-refractivity contribution is 0.195. The van der Waals surface area contributed by atoms with E-state index in [0.717, 1.165) is 19.4 Å². The van der Waals surface area contributed by atoms with E-state index in [1.165, 1.54) is 5.56 Å². The number of ether oxygens (including phenoxy) is 1. The first-order chi connectivity index (χ1) is 5.43. The fourth-order valence-electron chi connectivity index (χ4n) is 1.07. The van der Waals surface area contributed by atoms with E-state index in [0.29, 0.717) is 0 Å². The van der Waals surface area contributed by atoms with Gasteiger partial charge in [0.1, 0.15) is 0 Å².